The molecule has 0 aliphatic rings. The first-order valence-electron chi connectivity index (χ1n) is 5.14. The molecule has 2 N–H and O–H groups in total. The zero-order valence-corrected chi connectivity index (χ0v) is 9.84. The summed E-state index contributed by atoms with van der Waals surface area (Å²) in [6.07, 6.45) is -0.390. The van der Waals surface area contributed by atoms with Crippen LogP contribution >= 0.6 is 0 Å². The van der Waals surface area contributed by atoms with Crippen LogP contribution in [0.5, 0.6) is 0 Å². The smallest absolute Gasteiger partial charge is 0.339 e. The first-order valence-corrected chi connectivity index (χ1v) is 5.14. The molecule has 0 aliphatic carbocycles. The van der Waals surface area contributed by atoms with Crippen molar-refractivity contribution in [3.05, 3.63) is 34.9 Å². The topological polar surface area (TPSA) is 101 Å². The SMILES string of the molecule is CC(C)OC(=O)c1ccc(C(=O)O)cc1C(=O)O. The summed E-state index contributed by atoms with van der Waals surface area (Å²) in [5, 5.41) is 17.7. The highest BCUT2D eigenvalue weighted by Crippen LogP contribution is 2.14. The van der Waals surface area contributed by atoms with Crippen molar-refractivity contribution in [3.8, 4) is 0 Å². The molecular weight excluding hydrogens is 240 g/mol. The van der Waals surface area contributed by atoms with E-state index < -0.39 is 24.0 Å². The average Bonchev–Trinajstić information content (AvgIpc) is 2.26. The molecule has 0 spiro atoms. The molecule has 0 unspecified atom stereocenters. The molecule has 18 heavy (non-hydrogen) atoms. The van der Waals surface area contributed by atoms with Gasteiger partial charge in [-0.3, -0.25) is 0 Å². The first-order chi connectivity index (χ1) is 8.32. The molecule has 6 heteroatoms. The minimum Gasteiger partial charge on any atom is -0.478 e. The van der Waals surface area contributed by atoms with E-state index >= 15 is 0 Å². The third-order valence-electron chi connectivity index (χ3n) is 2.06. The van der Waals surface area contributed by atoms with Gasteiger partial charge < -0.3 is 14.9 Å². The Morgan fingerprint density at radius 3 is 2.11 bits per heavy atom. The highest BCUT2D eigenvalue weighted by molar-refractivity contribution is 6.04. The van der Waals surface area contributed by atoms with Crippen LogP contribution < -0.4 is 0 Å². The summed E-state index contributed by atoms with van der Waals surface area (Å²) in [5.74, 6) is -3.44. The van der Waals surface area contributed by atoms with Gasteiger partial charge in [-0.25, -0.2) is 14.4 Å². The molecule has 1 aromatic rings. The van der Waals surface area contributed by atoms with Crippen LogP contribution in [-0.4, -0.2) is 34.2 Å². The number of hydrogen-bond acceptors (Lipinski definition) is 4. The summed E-state index contributed by atoms with van der Waals surface area (Å²) < 4.78 is 4.88. The molecule has 0 bridgehead atoms. The third kappa shape index (κ3) is 3.07. The summed E-state index contributed by atoms with van der Waals surface area (Å²) >= 11 is 0. The molecule has 96 valence electrons. The third-order valence-corrected chi connectivity index (χ3v) is 2.06. The van der Waals surface area contributed by atoms with Gasteiger partial charge in [-0.1, -0.05) is 0 Å². The van der Waals surface area contributed by atoms with E-state index in [9.17, 15) is 14.4 Å². The predicted molar refractivity (Wildman–Crippen MR) is 60.9 cm³/mol. The van der Waals surface area contributed by atoms with Gasteiger partial charge in [0.25, 0.3) is 0 Å². The van der Waals surface area contributed by atoms with Crippen molar-refractivity contribution in [2.75, 3.05) is 0 Å². The Bertz CT molecular complexity index is 503. The van der Waals surface area contributed by atoms with E-state index in [0.717, 1.165) is 18.2 Å². The average molecular weight is 252 g/mol. The van der Waals surface area contributed by atoms with Crippen LogP contribution in [0.1, 0.15) is 44.9 Å². The molecule has 6 nitrogen and oxygen atoms in total. The Balaban J connectivity index is 3.23. The number of benzene rings is 1. The second-order valence-corrected chi connectivity index (χ2v) is 3.82. The lowest BCUT2D eigenvalue weighted by Gasteiger charge is -2.10. The number of ether oxygens (including phenoxy) is 1. The van der Waals surface area contributed by atoms with E-state index in [4.69, 9.17) is 14.9 Å². The van der Waals surface area contributed by atoms with Crippen LogP contribution in [0.2, 0.25) is 0 Å². The van der Waals surface area contributed by atoms with Crippen molar-refractivity contribution in [2.24, 2.45) is 0 Å². The normalized spacial score (nSPS) is 10.2. The van der Waals surface area contributed by atoms with Crippen molar-refractivity contribution in [2.45, 2.75) is 20.0 Å². The van der Waals surface area contributed by atoms with Crippen LogP contribution in [0, 0.1) is 0 Å². The Kier molecular flexibility index (Phi) is 4.04. The van der Waals surface area contributed by atoms with Crippen LogP contribution in [0.3, 0.4) is 0 Å². The quantitative estimate of drug-likeness (QED) is 0.790. The number of rotatable bonds is 4. The molecule has 0 saturated heterocycles. The molecule has 0 fully saturated rings. The zero-order valence-electron chi connectivity index (χ0n) is 9.84. The standard InChI is InChI=1S/C12H12O6/c1-6(2)18-12(17)8-4-3-7(10(13)14)5-9(8)11(15)16/h3-6H,1-2H3,(H,13,14)(H,15,16). The van der Waals surface area contributed by atoms with Gasteiger partial charge in [0, 0.05) is 0 Å². The molecule has 0 heterocycles. The van der Waals surface area contributed by atoms with E-state index in [0.29, 0.717) is 0 Å². The summed E-state index contributed by atoms with van der Waals surface area (Å²) in [6.45, 7) is 3.26. The van der Waals surface area contributed by atoms with Crippen LogP contribution in [0.4, 0.5) is 0 Å². The number of carboxylic acids is 2. The van der Waals surface area contributed by atoms with E-state index in [1.54, 1.807) is 13.8 Å². The molecule has 0 radical (unpaired) electrons. The zero-order chi connectivity index (χ0) is 13.9. The fraction of sp³-hybridized carbons (Fsp3) is 0.250. The predicted octanol–water partition coefficient (Wildman–Crippen LogP) is 1.65. The minimum absolute atomic E-state index is 0.166. The lowest BCUT2D eigenvalue weighted by molar-refractivity contribution is 0.0370. The van der Waals surface area contributed by atoms with E-state index in [1.165, 1.54) is 0 Å². The second kappa shape index (κ2) is 5.31. The molecule has 0 aliphatic heterocycles. The minimum atomic E-state index is -1.38. The maximum Gasteiger partial charge on any atom is 0.339 e. The molecule has 0 saturated carbocycles. The van der Waals surface area contributed by atoms with Crippen LogP contribution in [-0.2, 0) is 4.74 Å². The van der Waals surface area contributed by atoms with E-state index in [-0.39, 0.29) is 16.7 Å². The summed E-state index contributed by atoms with van der Waals surface area (Å²) in [7, 11) is 0. The lowest BCUT2D eigenvalue weighted by atomic mass is 10.0. The number of esters is 1. The largest absolute Gasteiger partial charge is 0.478 e. The maximum atomic E-state index is 11.6. The molecular formula is C12H12O6. The molecule has 0 atom stereocenters. The van der Waals surface area contributed by atoms with Crippen LogP contribution in [0.15, 0.2) is 18.2 Å². The summed E-state index contributed by atoms with van der Waals surface area (Å²) in [6, 6.07) is 3.23. The summed E-state index contributed by atoms with van der Waals surface area (Å²) in [5.41, 5.74) is -0.754. The highest BCUT2D eigenvalue weighted by atomic mass is 16.5. The van der Waals surface area contributed by atoms with Crippen molar-refractivity contribution in [1.29, 1.82) is 0 Å². The number of aromatic carboxylic acids is 2. The van der Waals surface area contributed by atoms with Gasteiger partial charge in [-0.15, -0.1) is 0 Å². The Morgan fingerprint density at radius 1 is 1.06 bits per heavy atom. The fourth-order valence-corrected chi connectivity index (χ4v) is 1.31. The monoisotopic (exact) mass is 252 g/mol. The number of carbonyl (C=O) groups is 3. The molecule has 1 rings (SSSR count). The Morgan fingerprint density at radius 2 is 1.67 bits per heavy atom. The molecule has 1 aromatic carbocycles. The Labute approximate surface area is 103 Å². The van der Waals surface area contributed by atoms with Gasteiger partial charge in [0.15, 0.2) is 0 Å². The van der Waals surface area contributed by atoms with Crippen LogP contribution in [0.25, 0.3) is 0 Å². The Hall–Kier alpha value is -2.37. The van der Waals surface area contributed by atoms with Crippen molar-refractivity contribution in [1.82, 2.24) is 0 Å². The molecule has 0 amide bonds. The van der Waals surface area contributed by atoms with Crippen molar-refractivity contribution < 1.29 is 29.3 Å². The summed E-state index contributed by atoms with van der Waals surface area (Å²) in [4.78, 5) is 33.3. The molecule has 0 aromatic heterocycles. The lowest BCUT2D eigenvalue weighted by Crippen LogP contribution is -2.16. The van der Waals surface area contributed by atoms with Gasteiger partial charge in [0.1, 0.15) is 0 Å². The van der Waals surface area contributed by atoms with Gasteiger partial charge in [0.2, 0.25) is 0 Å². The van der Waals surface area contributed by atoms with E-state index in [1.807, 2.05) is 0 Å². The van der Waals surface area contributed by atoms with Crippen molar-refractivity contribution >= 4 is 17.9 Å². The van der Waals surface area contributed by atoms with Crippen molar-refractivity contribution in [3.63, 3.8) is 0 Å². The van der Waals surface area contributed by atoms with E-state index in [2.05, 4.69) is 0 Å². The number of hydrogen-bond donors (Lipinski definition) is 2. The second-order valence-electron chi connectivity index (χ2n) is 3.82. The number of carboxylic acid groups (broad SMARTS) is 2. The maximum absolute atomic E-state index is 11.6. The van der Waals surface area contributed by atoms with Gasteiger partial charge in [-0.05, 0) is 32.0 Å². The van der Waals surface area contributed by atoms with Gasteiger partial charge >= 0.3 is 17.9 Å². The van der Waals surface area contributed by atoms with Gasteiger partial charge in [0.05, 0.1) is 22.8 Å². The van der Waals surface area contributed by atoms with Gasteiger partial charge in [-0.2, -0.15) is 0 Å². The first kappa shape index (κ1) is 13.7. The number of carbonyl (C=O) groups excluding carboxylic acids is 1. The fourth-order valence-electron chi connectivity index (χ4n) is 1.31. The highest BCUT2D eigenvalue weighted by Gasteiger charge is 2.20.